The van der Waals surface area contributed by atoms with Crippen molar-refractivity contribution >= 4 is 5.69 Å². The van der Waals surface area contributed by atoms with Crippen molar-refractivity contribution in [2.45, 2.75) is 25.3 Å². The van der Waals surface area contributed by atoms with Gasteiger partial charge in [0.15, 0.2) is 0 Å². The van der Waals surface area contributed by atoms with Gasteiger partial charge in [0.05, 0.1) is 0 Å². The number of para-hydroxylation sites is 1. The minimum absolute atomic E-state index is 0.702. The van der Waals surface area contributed by atoms with Gasteiger partial charge in [0.2, 0.25) is 0 Å². The van der Waals surface area contributed by atoms with Crippen molar-refractivity contribution in [2.75, 3.05) is 25.0 Å². The molecule has 92 valence electrons. The van der Waals surface area contributed by atoms with Crippen LogP contribution in [0.1, 0.15) is 19.3 Å². The number of likely N-dealkylation sites (N-methyl/N-ethyl adjacent to an activating group) is 1. The van der Waals surface area contributed by atoms with E-state index < -0.39 is 0 Å². The van der Waals surface area contributed by atoms with Gasteiger partial charge in [-0.2, -0.15) is 0 Å². The molecule has 3 atom stereocenters. The third-order valence-corrected chi connectivity index (χ3v) is 4.54. The zero-order valence-electron chi connectivity index (χ0n) is 10.6. The third-order valence-electron chi connectivity index (χ3n) is 4.54. The number of hydrogen-bond donors (Lipinski definition) is 1. The summed E-state index contributed by atoms with van der Waals surface area (Å²) in [6.07, 6.45) is 4.33. The van der Waals surface area contributed by atoms with Crippen LogP contribution in [0.25, 0.3) is 0 Å². The molecule has 0 amide bonds. The lowest BCUT2D eigenvalue weighted by Gasteiger charge is -2.26. The van der Waals surface area contributed by atoms with Crippen molar-refractivity contribution in [3.63, 3.8) is 0 Å². The molecule has 0 bridgehead atoms. The van der Waals surface area contributed by atoms with Crippen molar-refractivity contribution in [1.82, 2.24) is 5.32 Å². The van der Waals surface area contributed by atoms with Crippen molar-refractivity contribution in [3.8, 4) is 0 Å². The lowest BCUT2D eigenvalue weighted by Crippen LogP contribution is -2.38. The van der Waals surface area contributed by atoms with Crippen LogP contribution in [-0.4, -0.2) is 26.2 Å². The summed E-state index contributed by atoms with van der Waals surface area (Å²) in [7, 11) is 2.21. The molecular formula is C15H22N2. The minimum Gasteiger partial charge on any atom is -0.373 e. The third kappa shape index (κ3) is 2.19. The molecule has 1 N–H and O–H groups in total. The van der Waals surface area contributed by atoms with Crippen molar-refractivity contribution < 1.29 is 0 Å². The van der Waals surface area contributed by atoms with E-state index in [2.05, 4.69) is 47.6 Å². The molecule has 3 unspecified atom stereocenters. The first-order valence-corrected chi connectivity index (χ1v) is 6.84. The van der Waals surface area contributed by atoms with Crippen molar-refractivity contribution in [1.29, 1.82) is 0 Å². The molecule has 2 fully saturated rings. The molecule has 17 heavy (non-hydrogen) atoms. The first-order valence-electron chi connectivity index (χ1n) is 6.84. The van der Waals surface area contributed by atoms with E-state index in [-0.39, 0.29) is 0 Å². The summed E-state index contributed by atoms with van der Waals surface area (Å²) in [5, 5.41) is 3.72. The van der Waals surface area contributed by atoms with Crippen LogP contribution in [0.2, 0.25) is 0 Å². The van der Waals surface area contributed by atoms with Crippen molar-refractivity contribution in [2.24, 2.45) is 11.8 Å². The molecule has 1 aromatic carbocycles. The van der Waals surface area contributed by atoms with Crippen LogP contribution < -0.4 is 10.2 Å². The first kappa shape index (κ1) is 11.1. The zero-order chi connectivity index (χ0) is 11.7. The first-order chi connectivity index (χ1) is 8.34. The van der Waals surface area contributed by atoms with Gasteiger partial charge in [0, 0.05) is 25.3 Å². The number of rotatable bonds is 3. The fourth-order valence-corrected chi connectivity index (χ4v) is 3.59. The highest BCUT2D eigenvalue weighted by molar-refractivity contribution is 5.45. The Labute approximate surface area is 104 Å². The largest absolute Gasteiger partial charge is 0.373 e. The average molecular weight is 230 g/mol. The predicted molar refractivity (Wildman–Crippen MR) is 72.3 cm³/mol. The molecule has 0 radical (unpaired) electrons. The van der Waals surface area contributed by atoms with E-state index >= 15 is 0 Å². The summed E-state index contributed by atoms with van der Waals surface area (Å²) in [5.74, 6) is 1.89. The predicted octanol–water partition coefficient (Wildman–Crippen LogP) is 2.51. The maximum Gasteiger partial charge on any atom is 0.0364 e. The number of nitrogens with zero attached hydrogens (tertiary/aromatic N) is 1. The Balaban J connectivity index is 1.64. The number of nitrogens with one attached hydrogen (secondary N) is 1. The summed E-state index contributed by atoms with van der Waals surface area (Å²) >= 11 is 0. The van der Waals surface area contributed by atoms with Gasteiger partial charge in [-0.15, -0.1) is 0 Å². The van der Waals surface area contributed by atoms with Gasteiger partial charge in [0.1, 0.15) is 0 Å². The summed E-state index contributed by atoms with van der Waals surface area (Å²) < 4.78 is 0. The molecule has 1 saturated heterocycles. The van der Waals surface area contributed by atoms with Crippen LogP contribution in [-0.2, 0) is 0 Å². The second kappa shape index (κ2) is 4.69. The minimum atomic E-state index is 0.702. The molecule has 3 rings (SSSR count). The fraction of sp³-hybridized carbons (Fsp3) is 0.600. The molecule has 1 aliphatic heterocycles. The van der Waals surface area contributed by atoms with Crippen LogP contribution in [0.5, 0.6) is 0 Å². The van der Waals surface area contributed by atoms with Gasteiger partial charge >= 0.3 is 0 Å². The quantitative estimate of drug-likeness (QED) is 0.858. The highest BCUT2D eigenvalue weighted by Crippen LogP contribution is 2.38. The monoisotopic (exact) mass is 230 g/mol. The van der Waals surface area contributed by atoms with E-state index in [1.165, 1.54) is 31.5 Å². The van der Waals surface area contributed by atoms with Gasteiger partial charge < -0.3 is 10.2 Å². The maximum atomic E-state index is 3.72. The normalized spacial score (nSPS) is 31.5. The summed E-state index contributed by atoms with van der Waals surface area (Å²) in [4.78, 5) is 2.39. The molecule has 2 heteroatoms. The second-order valence-electron chi connectivity index (χ2n) is 5.59. The molecule has 1 heterocycles. The smallest absolute Gasteiger partial charge is 0.0364 e. The Kier molecular flexibility index (Phi) is 3.06. The lowest BCUT2D eigenvalue weighted by molar-refractivity contribution is 0.413. The van der Waals surface area contributed by atoms with Crippen molar-refractivity contribution in [3.05, 3.63) is 30.3 Å². The number of hydrogen-bond acceptors (Lipinski definition) is 2. The van der Waals surface area contributed by atoms with Gasteiger partial charge in [-0.3, -0.25) is 0 Å². The van der Waals surface area contributed by atoms with Gasteiger partial charge in [0.25, 0.3) is 0 Å². The van der Waals surface area contributed by atoms with E-state index in [0.717, 1.165) is 18.4 Å². The van der Waals surface area contributed by atoms with E-state index in [0.29, 0.717) is 6.04 Å². The molecule has 1 aromatic rings. The van der Waals surface area contributed by atoms with Crippen LogP contribution in [0.15, 0.2) is 30.3 Å². The summed E-state index contributed by atoms with van der Waals surface area (Å²) in [6, 6.07) is 11.4. The van der Waals surface area contributed by atoms with Gasteiger partial charge in [-0.25, -0.2) is 0 Å². The second-order valence-corrected chi connectivity index (χ2v) is 5.59. The van der Waals surface area contributed by atoms with Gasteiger partial charge in [-0.1, -0.05) is 24.6 Å². The molecular weight excluding hydrogens is 208 g/mol. The SMILES string of the molecule is CN(CC1NCC2CCCC21)c1ccccc1. The molecule has 2 aliphatic rings. The molecule has 1 saturated carbocycles. The Morgan fingerprint density at radius 1 is 1.24 bits per heavy atom. The molecule has 0 spiro atoms. The highest BCUT2D eigenvalue weighted by Gasteiger charge is 2.38. The number of benzene rings is 1. The Morgan fingerprint density at radius 2 is 2.06 bits per heavy atom. The molecule has 0 aromatic heterocycles. The molecule has 1 aliphatic carbocycles. The average Bonchev–Trinajstić information content (AvgIpc) is 2.95. The Morgan fingerprint density at radius 3 is 2.88 bits per heavy atom. The summed E-state index contributed by atoms with van der Waals surface area (Å²) in [6.45, 7) is 2.39. The standard InChI is InChI=1S/C15H22N2/c1-17(13-7-3-2-4-8-13)11-15-14-9-5-6-12(14)10-16-15/h2-4,7-8,12,14-16H,5-6,9-11H2,1H3. The van der Waals surface area contributed by atoms with Crippen LogP contribution >= 0.6 is 0 Å². The number of anilines is 1. The zero-order valence-corrected chi connectivity index (χ0v) is 10.6. The highest BCUT2D eigenvalue weighted by atomic mass is 15.1. The maximum absolute atomic E-state index is 3.72. The molecule has 2 nitrogen and oxygen atoms in total. The Bertz CT molecular complexity index is 362. The van der Waals surface area contributed by atoms with E-state index in [1.807, 2.05) is 0 Å². The topological polar surface area (TPSA) is 15.3 Å². The van der Waals surface area contributed by atoms with E-state index in [1.54, 1.807) is 0 Å². The van der Waals surface area contributed by atoms with E-state index in [9.17, 15) is 0 Å². The number of fused-ring (bicyclic) bond motifs is 1. The van der Waals surface area contributed by atoms with Gasteiger partial charge in [-0.05, 0) is 43.4 Å². The fourth-order valence-electron chi connectivity index (χ4n) is 3.59. The van der Waals surface area contributed by atoms with Crippen LogP contribution in [0, 0.1) is 11.8 Å². The van der Waals surface area contributed by atoms with E-state index in [4.69, 9.17) is 0 Å². The Hall–Kier alpha value is -1.02. The van der Waals surface area contributed by atoms with Crippen LogP contribution in [0.3, 0.4) is 0 Å². The lowest BCUT2D eigenvalue weighted by atomic mass is 9.94. The summed E-state index contributed by atoms with van der Waals surface area (Å²) in [5.41, 5.74) is 1.33. The van der Waals surface area contributed by atoms with Crippen LogP contribution in [0.4, 0.5) is 5.69 Å².